The fourth-order valence-electron chi connectivity index (χ4n) is 3.40. The van der Waals surface area contributed by atoms with Crippen molar-refractivity contribution < 1.29 is 14.6 Å². The second kappa shape index (κ2) is 10.2. The van der Waals surface area contributed by atoms with Crippen LogP contribution in [0.15, 0.2) is 54.6 Å². The fraction of sp³-hybridized carbons (Fsp3) is 0.292. The van der Waals surface area contributed by atoms with Crippen LogP contribution in [0, 0.1) is 5.92 Å². The smallest absolute Gasteiger partial charge is 0.320 e. The molecule has 2 N–H and O–H groups in total. The van der Waals surface area contributed by atoms with Gasteiger partial charge in [0.05, 0.1) is 0 Å². The van der Waals surface area contributed by atoms with Gasteiger partial charge in [0.2, 0.25) is 0 Å². The van der Waals surface area contributed by atoms with Gasteiger partial charge in [-0.2, -0.15) is 0 Å². The average molecular weight is 446 g/mol. The molecule has 0 amide bonds. The number of rotatable bonds is 9. The number of hydrogen-bond donors (Lipinski definition) is 2. The molecule has 0 saturated carbocycles. The summed E-state index contributed by atoms with van der Waals surface area (Å²) in [5, 5.41) is 16.0. The van der Waals surface area contributed by atoms with Crippen LogP contribution in [0.3, 0.4) is 0 Å². The maximum atomic E-state index is 11.7. The molecule has 6 heteroatoms. The molecule has 3 rings (SSSR count). The second-order valence-electron chi connectivity index (χ2n) is 7.69. The molecule has 1 atom stereocenters. The third-order valence-corrected chi connectivity index (χ3v) is 5.51. The highest BCUT2D eigenvalue weighted by Gasteiger charge is 2.20. The number of hydrogen-bond acceptors (Lipinski definition) is 3. The van der Waals surface area contributed by atoms with E-state index in [1.807, 2.05) is 56.3 Å². The van der Waals surface area contributed by atoms with Crippen LogP contribution in [0.5, 0.6) is 5.75 Å². The van der Waals surface area contributed by atoms with E-state index in [4.69, 9.17) is 27.9 Å². The molecule has 4 nitrogen and oxygen atoms in total. The number of halogens is 2. The number of benzene rings is 3. The van der Waals surface area contributed by atoms with Gasteiger partial charge < -0.3 is 15.2 Å². The Morgan fingerprint density at radius 3 is 2.57 bits per heavy atom. The molecule has 1 unspecified atom stereocenters. The summed E-state index contributed by atoms with van der Waals surface area (Å²) in [6.45, 7) is 4.70. The molecule has 3 aromatic rings. The lowest BCUT2D eigenvalue weighted by Gasteiger charge is -2.19. The van der Waals surface area contributed by atoms with Crippen molar-refractivity contribution in [3.8, 4) is 5.75 Å². The van der Waals surface area contributed by atoms with Crippen LogP contribution in [0.1, 0.15) is 31.4 Å². The SMILES string of the molecule is CC(C)CC(NCc1c(OCc2ccc(Cl)cc2Cl)ccc2ccccc12)C(=O)O. The van der Waals surface area contributed by atoms with Crippen LogP contribution in [-0.2, 0) is 17.9 Å². The second-order valence-corrected chi connectivity index (χ2v) is 8.53. The number of aliphatic carboxylic acids is 1. The topological polar surface area (TPSA) is 58.6 Å². The maximum absolute atomic E-state index is 11.7. The summed E-state index contributed by atoms with van der Waals surface area (Å²) in [4.78, 5) is 11.7. The number of fused-ring (bicyclic) bond motifs is 1. The van der Waals surface area contributed by atoms with Gasteiger partial charge in [0.15, 0.2) is 0 Å². The first-order chi connectivity index (χ1) is 14.3. The summed E-state index contributed by atoms with van der Waals surface area (Å²) in [6, 6.07) is 16.6. The molecular weight excluding hydrogens is 421 g/mol. The summed E-state index contributed by atoms with van der Waals surface area (Å²) in [6.07, 6.45) is 0.552. The van der Waals surface area contributed by atoms with Crippen LogP contribution in [0.25, 0.3) is 10.8 Å². The van der Waals surface area contributed by atoms with Crippen LogP contribution in [-0.4, -0.2) is 17.1 Å². The lowest BCUT2D eigenvalue weighted by atomic mass is 10.0. The molecule has 158 valence electrons. The lowest BCUT2D eigenvalue weighted by Crippen LogP contribution is -2.37. The van der Waals surface area contributed by atoms with E-state index in [2.05, 4.69) is 5.32 Å². The number of carboxylic acid groups (broad SMARTS) is 1. The van der Waals surface area contributed by atoms with Crippen molar-refractivity contribution in [3.63, 3.8) is 0 Å². The fourth-order valence-corrected chi connectivity index (χ4v) is 3.86. The average Bonchev–Trinajstić information content (AvgIpc) is 2.70. The van der Waals surface area contributed by atoms with E-state index >= 15 is 0 Å². The van der Waals surface area contributed by atoms with Gasteiger partial charge in [-0.3, -0.25) is 4.79 Å². The highest BCUT2D eigenvalue weighted by Crippen LogP contribution is 2.30. The van der Waals surface area contributed by atoms with E-state index in [0.29, 0.717) is 28.8 Å². The zero-order valence-electron chi connectivity index (χ0n) is 17.0. The van der Waals surface area contributed by atoms with Crippen LogP contribution in [0.4, 0.5) is 0 Å². The minimum Gasteiger partial charge on any atom is -0.488 e. The van der Waals surface area contributed by atoms with Crippen molar-refractivity contribution in [2.24, 2.45) is 5.92 Å². The first-order valence-corrected chi connectivity index (χ1v) is 10.6. The summed E-state index contributed by atoms with van der Waals surface area (Å²) in [7, 11) is 0. The Hall–Kier alpha value is -2.27. The molecule has 0 radical (unpaired) electrons. The third-order valence-electron chi connectivity index (χ3n) is 4.93. The summed E-state index contributed by atoms with van der Waals surface area (Å²) in [5.74, 6) is 0.120. The molecule has 0 aliphatic rings. The minimum absolute atomic E-state index is 0.272. The van der Waals surface area contributed by atoms with Gasteiger partial charge in [-0.05, 0) is 41.3 Å². The predicted octanol–water partition coefficient (Wildman–Crippen LogP) is 6.31. The Kier molecular flexibility index (Phi) is 7.59. The van der Waals surface area contributed by atoms with Gasteiger partial charge in [-0.15, -0.1) is 0 Å². The van der Waals surface area contributed by atoms with Gasteiger partial charge in [0, 0.05) is 27.7 Å². The minimum atomic E-state index is -0.848. The quantitative estimate of drug-likeness (QED) is 0.404. The normalized spacial score (nSPS) is 12.3. The summed E-state index contributed by atoms with van der Waals surface area (Å²) < 4.78 is 6.11. The maximum Gasteiger partial charge on any atom is 0.320 e. The molecule has 0 aliphatic heterocycles. The molecule has 0 aromatic heterocycles. The predicted molar refractivity (Wildman–Crippen MR) is 122 cm³/mol. The van der Waals surface area contributed by atoms with Gasteiger partial charge in [-0.1, -0.05) is 73.4 Å². The van der Waals surface area contributed by atoms with Crippen molar-refractivity contribution in [1.82, 2.24) is 5.32 Å². The van der Waals surface area contributed by atoms with E-state index < -0.39 is 12.0 Å². The summed E-state index contributed by atoms with van der Waals surface area (Å²) >= 11 is 12.3. The van der Waals surface area contributed by atoms with E-state index in [9.17, 15) is 9.90 Å². The molecule has 0 spiro atoms. The molecule has 0 bridgehead atoms. The Morgan fingerprint density at radius 2 is 1.87 bits per heavy atom. The number of ether oxygens (including phenoxy) is 1. The Balaban J connectivity index is 1.87. The van der Waals surface area contributed by atoms with Crippen LogP contribution < -0.4 is 10.1 Å². The molecule has 30 heavy (non-hydrogen) atoms. The van der Waals surface area contributed by atoms with Crippen molar-refractivity contribution >= 4 is 39.9 Å². The molecule has 0 heterocycles. The van der Waals surface area contributed by atoms with E-state index in [0.717, 1.165) is 21.9 Å². The van der Waals surface area contributed by atoms with Crippen molar-refractivity contribution in [2.45, 2.75) is 39.5 Å². The summed E-state index contributed by atoms with van der Waals surface area (Å²) in [5.41, 5.74) is 1.75. The zero-order valence-corrected chi connectivity index (χ0v) is 18.5. The number of nitrogens with one attached hydrogen (secondary N) is 1. The van der Waals surface area contributed by atoms with Gasteiger partial charge in [-0.25, -0.2) is 0 Å². The van der Waals surface area contributed by atoms with Gasteiger partial charge >= 0.3 is 5.97 Å². The first-order valence-electron chi connectivity index (χ1n) is 9.88. The Labute approximate surface area is 186 Å². The molecule has 0 saturated heterocycles. The Morgan fingerprint density at radius 1 is 1.10 bits per heavy atom. The highest BCUT2D eigenvalue weighted by atomic mass is 35.5. The largest absolute Gasteiger partial charge is 0.488 e. The standard InChI is InChI=1S/C24H25Cl2NO3/c1-15(2)11-22(24(28)29)27-13-20-19-6-4-3-5-16(19)8-10-23(20)30-14-17-7-9-18(25)12-21(17)26/h3-10,12,15,22,27H,11,13-14H2,1-2H3,(H,28,29). The lowest BCUT2D eigenvalue weighted by molar-refractivity contribution is -0.140. The first kappa shape index (κ1) is 22.4. The molecule has 0 aliphatic carbocycles. The van der Waals surface area contributed by atoms with Crippen molar-refractivity contribution in [2.75, 3.05) is 0 Å². The number of carboxylic acids is 1. The third kappa shape index (κ3) is 5.66. The molecule has 0 fully saturated rings. The van der Waals surface area contributed by atoms with Gasteiger partial charge in [0.25, 0.3) is 0 Å². The highest BCUT2D eigenvalue weighted by molar-refractivity contribution is 6.35. The van der Waals surface area contributed by atoms with Crippen LogP contribution in [0.2, 0.25) is 10.0 Å². The van der Waals surface area contributed by atoms with Crippen molar-refractivity contribution in [1.29, 1.82) is 0 Å². The Bertz CT molecular complexity index is 1040. The molecular formula is C24H25Cl2NO3. The van der Waals surface area contributed by atoms with E-state index in [1.165, 1.54) is 0 Å². The monoisotopic (exact) mass is 445 g/mol. The number of carbonyl (C=O) groups is 1. The van der Waals surface area contributed by atoms with E-state index in [-0.39, 0.29) is 12.5 Å². The van der Waals surface area contributed by atoms with Gasteiger partial charge in [0.1, 0.15) is 18.4 Å². The zero-order chi connectivity index (χ0) is 21.7. The molecule has 3 aromatic carbocycles. The van der Waals surface area contributed by atoms with E-state index in [1.54, 1.807) is 12.1 Å². The van der Waals surface area contributed by atoms with Crippen LogP contribution >= 0.6 is 23.2 Å². The van der Waals surface area contributed by atoms with Crippen molar-refractivity contribution in [3.05, 3.63) is 75.8 Å².